The fourth-order valence-electron chi connectivity index (χ4n) is 1.55. The normalized spacial score (nSPS) is 10.2. The third-order valence-electron chi connectivity index (χ3n) is 2.46. The van der Waals surface area contributed by atoms with Gasteiger partial charge in [0.05, 0.1) is 5.56 Å². The molecule has 0 saturated carbocycles. The molecule has 2 aromatic rings. The maximum Gasteiger partial charge on any atom is 0.338 e. The summed E-state index contributed by atoms with van der Waals surface area (Å²) in [5.41, 5.74) is 0.265. The predicted molar refractivity (Wildman–Crippen MR) is 76.9 cm³/mol. The summed E-state index contributed by atoms with van der Waals surface area (Å²) in [6.07, 6.45) is 0. The summed E-state index contributed by atoms with van der Waals surface area (Å²) < 4.78 is 19.8. The highest BCUT2D eigenvalue weighted by Gasteiger charge is 2.10. The number of carboxylic acids is 1. The number of benzene rings is 2. The van der Waals surface area contributed by atoms with Crippen molar-refractivity contribution < 1.29 is 19.0 Å². The van der Waals surface area contributed by atoms with Gasteiger partial charge in [0.15, 0.2) is 0 Å². The van der Waals surface area contributed by atoms with Crippen LogP contribution in [-0.2, 0) is 6.61 Å². The fraction of sp³-hybridized carbons (Fsp3) is 0.0714. The van der Waals surface area contributed by atoms with E-state index in [4.69, 9.17) is 9.84 Å². The van der Waals surface area contributed by atoms with E-state index in [2.05, 4.69) is 22.6 Å². The van der Waals surface area contributed by atoms with Gasteiger partial charge in [-0.3, -0.25) is 0 Å². The number of halogens is 2. The zero-order chi connectivity index (χ0) is 13.8. The standard InChI is InChI=1S/C14H10FIO3/c15-13-5-4-9(6-12(13)14(17)18)8-19-11-3-1-2-10(16)7-11/h1-7H,8H2,(H,17,18). The van der Waals surface area contributed by atoms with Crippen LogP contribution in [0.3, 0.4) is 0 Å². The van der Waals surface area contributed by atoms with E-state index < -0.39 is 11.8 Å². The summed E-state index contributed by atoms with van der Waals surface area (Å²) >= 11 is 2.17. The molecule has 98 valence electrons. The van der Waals surface area contributed by atoms with Gasteiger partial charge in [0, 0.05) is 3.57 Å². The molecule has 0 aliphatic carbocycles. The molecule has 3 nitrogen and oxygen atoms in total. The van der Waals surface area contributed by atoms with E-state index in [0.29, 0.717) is 11.3 Å². The topological polar surface area (TPSA) is 46.5 Å². The highest BCUT2D eigenvalue weighted by atomic mass is 127. The molecule has 0 saturated heterocycles. The first-order valence-corrected chi connectivity index (χ1v) is 6.54. The molecule has 0 unspecified atom stereocenters. The Morgan fingerprint density at radius 1 is 1.26 bits per heavy atom. The Balaban J connectivity index is 2.12. The van der Waals surface area contributed by atoms with E-state index >= 15 is 0 Å². The molecule has 0 atom stereocenters. The van der Waals surface area contributed by atoms with Gasteiger partial charge < -0.3 is 9.84 Å². The molecule has 2 aromatic carbocycles. The second kappa shape index (κ2) is 6.01. The zero-order valence-electron chi connectivity index (χ0n) is 9.77. The van der Waals surface area contributed by atoms with Gasteiger partial charge in [-0.1, -0.05) is 12.1 Å². The van der Waals surface area contributed by atoms with E-state index in [0.717, 1.165) is 9.64 Å². The molecule has 0 aliphatic heterocycles. The van der Waals surface area contributed by atoms with E-state index in [1.54, 1.807) is 0 Å². The van der Waals surface area contributed by atoms with Gasteiger partial charge in [0.25, 0.3) is 0 Å². The molecule has 0 fully saturated rings. The first-order chi connectivity index (χ1) is 9.06. The van der Waals surface area contributed by atoms with Crippen LogP contribution >= 0.6 is 22.6 Å². The molecule has 0 amide bonds. The van der Waals surface area contributed by atoms with Crippen LogP contribution in [0.5, 0.6) is 5.75 Å². The van der Waals surface area contributed by atoms with Gasteiger partial charge >= 0.3 is 5.97 Å². The molecule has 0 bridgehead atoms. The first kappa shape index (κ1) is 13.8. The Labute approximate surface area is 123 Å². The highest BCUT2D eigenvalue weighted by molar-refractivity contribution is 14.1. The minimum absolute atomic E-state index is 0.195. The van der Waals surface area contributed by atoms with Crippen molar-refractivity contribution in [1.29, 1.82) is 0 Å². The summed E-state index contributed by atoms with van der Waals surface area (Å²) in [6.45, 7) is 0.195. The summed E-state index contributed by atoms with van der Waals surface area (Å²) in [5, 5.41) is 8.83. The van der Waals surface area contributed by atoms with Crippen LogP contribution < -0.4 is 4.74 Å². The lowest BCUT2D eigenvalue weighted by atomic mass is 10.1. The summed E-state index contributed by atoms with van der Waals surface area (Å²) in [4.78, 5) is 10.8. The zero-order valence-corrected chi connectivity index (χ0v) is 11.9. The molecular weight excluding hydrogens is 362 g/mol. The monoisotopic (exact) mass is 372 g/mol. The van der Waals surface area contributed by atoms with Gasteiger partial charge in [-0.15, -0.1) is 0 Å². The Morgan fingerprint density at radius 2 is 2.05 bits per heavy atom. The first-order valence-electron chi connectivity index (χ1n) is 5.46. The Bertz CT molecular complexity index is 613. The smallest absolute Gasteiger partial charge is 0.338 e. The predicted octanol–water partition coefficient (Wildman–Crippen LogP) is 3.71. The third-order valence-corrected chi connectivity index (χ3v) is 3.13. The van der Waals surface area contributed by atoms with Crippen LogP contribution in [0.2, 0.25) is 0 Å². The number of ether oxygens (including phenoxy) is 1. The fourth-order valence-corrected chi connectivity index (χ4v) is 2.06. The van der Waals surface area contributed by atoms with Crippen molar-refractivity contribution in [2.75, 3.05) is 0 Å². The Kier molecular flexibility index (Phi) is 4.36. The van der Waals surface area contributed by atoms with Crippen molar-refractivity contribution >= 4 is 28.6 Å². The van der Waals surface area contributed by atoms with Crippen LogP contribution in [0, 0.1) is 9.39 Å². The molecular formula is C14H10FIO3. The van der Waals surface area contributed by atoms with Crippen molar-refractivity contribution in [3.63, 3.8) is 0 Å². The third kappa shape index (κ3) is 3.66. The molecule has 2 rings (SSSR count). The molecule has 5 heteroatoms. The molecule has 1 N–H and O–H groups in total. The van der Waals surface area contributed by atoms with Crippen molar-refractivity contribution in [3.8, 4) is 5.75 Å². The summed E-state index contributed by atoms with van der Waals surface area (Å²) in [7, 11) is 0. The van der Waals surface area contributed by atoms with Crippen LogP contribution in [0.4, 0.5) is 4.39 Å². The van der Waals surface area contributed by atoms with Gasteiger partial charge in [0.2, 0.25) is 0 Å². The second-order valence-electron chi connectivity index (χ2n) is 3.87. The Hall–Kier alpha value is -1.63. The minimum atomic E-state index is -1.28. The van der Waals surface area contributed by atoms with E-state index in [1.165, 1.54) is 12.1 Å². The molecule has 0 aliphatic rings. The number of carbonyl (C=O) groups is 1. The van der Waals surface area contributed by atoms with Crippen molar-refractivity contribution in [2.45, 2.75) is 6.61 Å². The Morgan fingerprint density at radius 3 is 2.74 bits per heavy atom. The number of carboxylic acid groups (broad SMARTS) is 1. The van der Waals surface area contributed by atoms with Gasteiger partial charge in [-0.25, -0.2) is 9.18 Å². The molecule has 19 heavy (non-hydrogen) atoms. The van der Waals surface area contributed by atoms with Crippen molar-refractivity contribution in [1.82, 2.24) is 0 Å². The lowest BCUT2D eigenvalue weighted by Gasteiger charge is -2.07. The van der Waals surface area contributed by atoms with Gasteiger partial charge in [-0.2, -0.15) is 0 Å². The largest absolute Gasteiger partial charge is 0.489 e. The summed E-state index contributed by atoms with van der Waals surface area (Å²) in [5.74, 6) is -1.34. The van der Waals surface area contributed by atoms with E-state index in [9.17, 15) is 9.18 Å². The van der Waals surface area contributed by atoms with E-state index in [-0.39, 0.29) is 12.2 Å². The van der Waals surface area contributed by atoms with Crippen LogP contribution in [-0.4, -0.2) is 11.1 Å². The van der Waals surface area contributed by atoms with Crippen molar-refractivity contribution in [3.05, 3.63) is 63.0 Å². The lowest BCUT2D eigenvalue weighted by Crippen LogP contribution is -2.03. The van der Waals surface area contributed by atoms with Crippen molar-refractivity contribution in [2.24, 2.45) is 0 Å². The maximum absolute atomic E-state index is 13.2. The quantitative estimate of drug-likeness (QED) is 0.833. The molecule has 0 radical (unpaired) electrons. The molecule has 0 aromatic heterocycles. The van der Waals surface area contributed by atoms with Gasteiger partial charge in [-0.05, 0) is 58.5 Å². The van der Waals surface area contributed by atoms with Gasteiger partial charge in [0.1, 0.15) is 18.2 Å². The average Bonchev–Trinajstić information content (AvgIpc) is 2.37. The molecule has 0 spiro atoms. The average molecular weight is 372 g/mol. The second-order valence-corrected chi connectivity index (χ2v) is 5.11. The maximum atomic E-state index is 13.2. The van der Waals surface area contributed by atoms with Crippen LogP contribution in [0.25, 0.3) is 0 Å². The number of hydrogen-bond donors (Lipinski definition) is 1. The summed E-state index contributed by atoms with van der Waals surface area (Å²) in [6, 6.07) is 11.4. The van der Waals surface area contributed by atoms with Crippen LogP contribution in [0.1, 0.15) is 15.9 Å². The lowest BCUT2D eigenvalue weighted by molar-refractivity contribution is 0.0691. The van der Waals surface area contributed by atoms with E-state index in [1.807, 2.05) is 24.3 Å². The number of hydrogen-bond acceptors (Lipinski definition) is 2. The number of rotatable bonds is 4. The SMILES string of the molecule is O=C(O)c1cc(COc2cccc(I)c2)ccc1F. The number of aromatic carboxylic acids is 1. The minimum Gasteiger partial charge on any atom is -0.489 e. The highest BCUT2D eigenvalue weighted by Crippen LogP contribution is 2.17. The van der Waals surface area contributed by atoms with Crippen LogP contribution in [0.15, 0.2) is 42.5 Å². The molecule has 0 heterocycles.